The van der Waals surface area contributed by atoms with E-state index in [9.17, 15) is 4.39 Å². The van der Waals surface area contributed by atoms with Crippen LogP contribution in [-0.2, 0) is 0 Å². The zero-order valence-electron chi connectivity index (χ0n) is 10.5. The second-order valence-electron chi connectivity index (χ2n) is 6.15. The van der Waals surface area contributed by atoms with Crippen molar-refractivity contribution in [2.45, 2.75) is 50.6 Å². The largest absolute Gasteiger partial charge is 0.308 e. The van der Waals surface area contributed by atoms with Crippen LogP contribution >= 0.6 is 0 Å². The fourth-order valence-electron chi connectivity index (χ4n) is 3.27. The van der Waals surface area contributed by atoms with Gasteiger partial charge in [-0.25, -0.2) is 4.39 Å². The van der Waals surface area contributed by atoms with Crippen LogP contribution in [0, 0.1) is 11.7 Å². The summed E-state index contributed by atoms with van der Waals surface area (Å²) in [5, 5.41) is 3.74. The highest BCUT2D eigenvalue weighted by Crippen LogP contribution is 2.45. The highest BCUT2D eigenvalue weighted by Gasteiger charge is 2.45. The quantitative estimate of drug-likeness (QED) is 0.825. The van der Waals surface area contributed by atoms with E-state index >= 15 is 0 Å². The van der Waals surface area contributed by atoms with Gasteiger partial charge in [-0.05, 0) is 56.7 Å². The Hall–Kier alpha value is -0.890. The van der Waals surface area contributed by atoms with Crippen molar-refractivity contribution in [1.29, 1.82) is 0 Å². The minimum atomic E-state index is -0.117. The summed E-state index contributed by atoms with van der Waals surface area (Å²) in [6, 6.07) is 7.75. The number of rotatable bonds is 2. The lowest BCUT2D eigenvalue weighted by Crippen LogP contribution is -2.40. The van der Waals surface area contributed by atoms with Crippen LogP contribution in [0.4, 0.5) is 4.39 Å². The van der Waals surface area contributed by atoms with Gasteiger partial charge >= 0.3 is 0 Å². The van der Waals surface area contributed by atoms with E-state index in [0.717, 1.165) is 17.9 Å². The van der Waals surface area contributed by atoms with Crippen LogP contribution in [0.25, 0.3) is 0 Å². The molecule has 1 aromatic rings. The van der Waals surface area contributed by atoms with Crippen LogP contribution in [0.2, 0.25) is 0 Å². The third-order valence-electron chi connectivity index (χ3n) is 4.36. The Labute approximate surface area is 102 Å². The second-order valence-corrected chi connectivity index (χ2v) is 6.15. The zero-order valence-corrected chi connectivity index (χ0v) is 10.5. The molecule has 2 atom stereocenters. The van der Waals surface area contributed by atoms with Crippen molar-refractivity contribution < 1.29 is 4.39 Å². The van der Waals surface area contributed by atoms with Gasteiger partial charge in [-0.2, -0.15) is 0 Å². The lowest BCUT2D eigenvalue weighted by Gasteiger charge is -2.27. The maximum atomic E-state index is 13.3. The molecule has 1 aliphatic carbocycles. The maximum Gasteiger partial charge on any atom is 0.123 e. The summed E-state index contributed by atoms with van der Waals surface area (Å²) in [6.45, 7) is 4.48. The Bertz CT molecular complexity index is 423. The van der Waals surface area contributed by atoms with Gasteiger partial charge in [-0.15, -0.1) is 0 Å². The van der Waals surface area contributed by atoms with Gasteiger partial charge < -0.3 is 5.32 Å². The molecule has 92 valence electrons. The molecular formula is C15H20FN. The van der Waals surface area contributed by atoms with E-state index in [2.05, 4.69) is 25.2 Å². The topological polar surface area (TPSA) is 12.0 Å². The lowest BCUT2D eigenvalue weighted by molar-refractivity contribution is 0.386. The van der Waals surface area contributed by atoms with Crippen molar-refractivity contribution in [3.05, 3.63) is 35.6 Å². The average Bonchev–Trinajstić information content (AvgIpc) is 3.03. The van der Waals surface area contributed by atoms with Crippen molar-refractivity contribution in [3.63, 3.8) is 0 Å². The predicted molar refractivity (Wildman–Crippen MR) is 67.5 cm³/mol. The van der Waals surface area contributed by atoms with E-state index in [4.69, 9.17) is 0 Å². The SMILES string of the molecule is CC1(C)NC(C2CC2)CC1c1cccc(F)c1. The Kier molecular flexibility index (Phi) is 2.51. The molecule has 1 nitrogen and oxygen atoms in total. The van der Waals surface area contributed by atoms with E-state index in [0.29, 0.717) is 12.0 Å². The molecule has 2 heteroatoms. The Morgan fingerprint density at radius 1 is 1.29 bits per heavy atom. The van der Waals surface area contributed by atoms with Crippen molar-refractivity contribution in [3.8, 4) is 0 Å². The molecule has 2 unspecified atom stereocenters. The number of hydrogen-bond acceptors (Lipinski definition) is 1. The monoisotopic (exact) mass is 233 g/mol. The normalized spacial score (nSPS) is 31.7. The van der Waals surface area contributed by atoms with Crippen molar-refractivity contribution in [2.75, 3.05) is 0 Å². The summed E-state index contributed by atoms with van der Waals surface area (Å²) in [7, 11) is 0. The van der Waals surface area contributed by atoms with Gasteiger partial charge in [0.05, 0.1) is 0 Å². The van der Waals surface area contributed by atoms with Crippen molar-refractivity contribution in [2.24, 2.45) is 5.92 Å². The molecule has 1 heterocycles. The molecule has 1 saturated heterocycles. The Balaban J connectivity index is 1.86. The van der Waals surface area contributed by atoms with Gasteiger partial charge in [-0.1, -0.05) is 12.1 Å². The van der Waals surface area contributed by atoms with E-state index in [1.54, 1.807) is 6.07 Å². The first kappa shape index (κ1) is 11.2. The lowest BCUT2D eigenvalue weighted by atomic mass is 9.82. The molecule has 3 rings (SSSR count). The fraction of sp³-hybridized carbons (Fsp3) is 0.600. The Morgan fingerprint density at radius 2 is 2.06 bits per heavy atom. The van der Waals surface area contributed by atoms with Crippen molar-refractivity contribution in [1.82, 2.24) is 5.32 Å². The summed E-state index contributed by atoms with van der Waals surface area (Å²) >= 11 is 0. The Morgan fingerprint density at radius 3 is 2.71 bits per heavy atom. The third-order valence-corrected chi connectivity index (χ3v) is 4.36. The predicted octanol–water partition coefficient (Wildman–Crippen LogP) is 3.46. The highest BCUT2D eigenvalue weighted by molar-refractivity contribution is 5.27. The average molecular weight is 233 g/mol. The molecule has 0 bridgehead atoms. The summed E-state index contributed by atoms with van der Waals surface area (Å²) in [5.41, 5.74) is 1.23. The molecular weight excluding hydrogens is 213 g/mol. The third kappa shape index (κ3) is 2.11. The van der Waals surface area contributed by atoms with Crippen LogP contribution < -0.4 is 5.32 Å². The van der Waals surface area contributed by atoms with Gasteiger partial charge in [0.1, 0.15) is 5.82 Å². The van der Waals surface area contributed by atoms with Gasteiger partial charge in [0.25, 0.3) is 0 Å². The van der Waals surface area contributed by atoms with Crippen LogP contribution in [0.1, 0.15) is 44.6 Å². The van der Waals surface area contributed by atoms with Gasteiger partial charge in [0, 0.05) is 17.5 Å². The molecule has 0 spiro atoms. The number of hydrogen-bond donors (Lipinski definition) is 1. The van der Waals surface area contributed by atoms with E-state index in [-0.39, 0.29) is 11.4 Å². The molecule has 1 saturated carbocycles. The summed E-state index contributed by atoms with van der Waals surface area (Å²) in [5.74, 6) is 1.19. The van der Waals surface area contributed by atoms with E-state index in [1.807, 2.05) is 6.07 Å². The van der Waals surface area contributed by atoms with E-state index < -0.39 is 0 Å². The van der Waals surface area contributed by atoms with Gasteiger partial charge in [0.15, 0.2) is 0 Å². The zero-order chi connectivity index (χ0) is 12.0. The first-order valence-electron chi connectivity index (χ1n) is 6.59. The first-order valence-corrected chi connectivity index (χ1v) is 6.59. The molecule has 2 fully saturated rings. The van der Waals surface area contributed by atoms with Gasteiger partial charge in [0.2, 0.25) is 0 Å². The van der Waals surface area contributed by atoms with E-state index in [1.165, 1.54) is 18.9 Å². The first-order chi connectivity index (χ1) is 8.06. The molecule has 2 aliphatic rings. The summed E-state index contributed by atoms with van der Waals surface area (Å²) < 4.78 is 13.3. The number of nitrogens with one attached hydrogen (secondary N) is 1. The minimum Gasteiger partial charge on any atom is -0.308 e. The molecule has 17 heavy (non-hydrogen) atoms. The number of benzene rings is 1. The minimum absolute atomic E-state index is 0.0844. The molecule has 0 aromatic heterocycles. The summed E-state index contributed by atoms with van der Waals surface area (Å²) in [4.78, 5) is 0. The second kappa shape index (κ2) is 3.81. The smallest absolute Gasteiger partial charge is 0.123 e. The molecule has 1 aromatic carbocycles. The molecule has 1 aliphatic heterocycles. The summed E-state index contributed by atoms with van der Waals surface area (Å²) in [6.07, 6.45) is 3.88. The fourth-order valence-corrected chi connectivity index (χ4v) is 3.27. The van der Waals surface area contributed by atoms with Crippen LogP contribution in [0.15, 0.2) is 24.3 Å². The molecule has 1 N–H and O–H groups in total. The van der Waals surface area contributed by atoms with Gasteiger partial charge in [-0.3, -0.25) is 0 Å². The van der Waals surface area contributed by atoms with Crippen LogP contribution in [0.5, 0.6) is 0 Å². The highest BCUT2D eigenvalue weighted by atomic mass is 19.1. The van der Waals surface area contributed by atoms with Crippen molar-refractivity contribution >= 4 is 0 Å². The molecule has 0 radical (unpaired) electrons. The van der Waals surface area contributed by atoms with Crippen LogP contribution in [0.3, 0.4) is 0 Å². The molecule has 0 amide bonds. The van der Waals surface area contributed by atoms with Crippen LogP contribution in [-0.4, -0.2) is 11.6 Å². The maximum absolute atomic E-state index is 13.3. The number of halogens is 1. The standard InChI is InChI=1S/C15H20FN/c1-15(2)13(9-14(17-15)10-6-7-10)11-4-3-5-12(16)8-11/h3-5,8,10,13-14,17H,6-7,9H2,1-2H3.